The number of amides is 1. The Morgan fingerprint density at radius 3 is 2.74 bits per heavy atom. The molecule has 0 aromatic carbocycles. The van der Waals surface area contributed by atoms with Crippen molar-refractivity contribution in [1.29, 1.82) is 0 Å². The predicted octanol–water partition coefficient (Wildman–Crippen LogP) is 2.21. The summed E-state index contributed by atoms with van der Waals surface area (Å²) in [5.41, 5.74) is 0.726. The second kappa shape index (κ2) is 5.67. The molecule has 1 amide bonds. The second-order valence-corrected chi connectivity index (χ2v) is 6.80. The number of Topliss-reactive ketones (excluding diaryl/α,β-unsaturated/α-hetero) is 1. The number of hydrogen-bond donors (Lipinski definition) is 1. The lowest BCUT2D eigenvalue weighted by Crippen LogP contribution is -2.17. The zero-order chi connectivity index (χ0) is 16.7. The van der Waals surface area contributed by atoms with Crippen LogP contribution in [0.15, 0.2) is 16.5 Å². The quantitative estimate of drug-likeness (QED) is 0.733. The first-order chi connectivity index (χ1) is 10.9. The molecule has 23 heavy (non-hydrogen) atoms. The second-order valence-electron chi connectivity index (χ2n) is 4.95. The minimum Gasteiger partial charge on any atom is -0.302 e. The summed E-state index contributed by atoms with van der Waals surface area (Å²) in [6, 6.07) is 0. The van der Waals surface area contributed by atoms with Crippen molar-refractivity contribution in [2.75, 3.05) is 5.32 Å². The van der Waals surface area contributed by atoms with Gasteiger partial charge in [0.2, 0.25) is 0 Å². The van der Waals surface area contributed by atoms with Crippen LogP contribution in [0.5, 0.6) is 0 Å². The number of aryl methyl sites for hydroxylation is 2. The van der Waals surface area contributed by atoms with Crippen LogP contribution in [0, 0.1) is 6.92 Å². The van der Waals surface area contributed by atoms with E-state index in [4.69, 9.17) is 0 Å². The van der Waals surface area contributed by atoms with Gasteiger partial charge in [-0.1, -0.05) is 0 Å². The molecular formula is C14H12N4O3S2. The van der Waals surface area contributed by atoms with E-state index in [1.807, 2.05) is 0 Å². The van der Waals surface area contributed by atoms with Gasteiger partial charge in [-0.15, -0.1) is 22.7 Å². The number of rotatable bonds is 3. The highest BCUT2D eigenvalue weighted by atomic mass is 32.1. The molecule has 7 nitrogen and oxygen atoms in total. The molecule has 1 N–H and O–H groups in total. The van der Waals surface area contributed by atoms with Crippen molar-refractivity contribution in [3.8, 4) is 0 Å². The molecule has 3 heterocycles. The molecule has 0 atom stereocenters. The number of hydrogen-bond acceptors (Lipinski definition) is 7. The molecule has 9 heteroatoms. The number of aromatic nitrogens is 3. The summed E-state index contributed by atoms with van der Waals surface area (Å²) in [7, 11) is 1.62. The van der Waals surface area contributed by atoms with E-state index >= 15 is 0 Å². The summed E-state index contributed by atoms with van der Waals surface area (Å²) >= 11 is 2.34. The van der Waals surface area contributed by atoms with Crippen LogP contribution in [-0.4, -0.2) is 26.2 Å². The summed E-state index contributed by atoms with van der Waals surface area (Å²) < 4.78 is 1.38. The van der Waals surface area contributed by atoms with Gasteiger partial charge in [0, 0.05) is 19.4 Å². The van der Waals surface area contributed by atoms with Crippen LogP contribution in [-0.2, 0) is 7.05 Å². The van der Waals surface area contributed by atoms with E-state index < -0.39 is 0 Å². The highest BCUT2D eigenvalue weighted by Crippen LogP contribution is 2.28. The molecule has 0 aliphatic heterocycles. The predicted molar refractivity (Wildman–Crippen MR) is 89.7 cm³/mol. The van der Waals surface area contributed by atoms with Crippen molar-refractivity contribution >= 4 is 49.7 Å². The number of thiazole rings is 1. The fourth-order valence-corrected chi connectivity index (χ4v) is 3.85. The lowest BCUT2D eigenvalue weighted by Gasteiger charge is -2.00. The van der Waals surface area contributed by atoms with Crippen LogP contribution < -0.4 is 10.9 Å². The zero-order valence-electron chi connectivity index (χ0n) is 12.5. The van der Waals surface area contributed by atoms with E-state index in [0.29, 0.717) is 31.5 Å². The first-order valence-electron chi connectivity index (χ1n) is 6.61. The molecule has 0 radical (unpaired) electrons. The van der Waals surface area contributed by atoms with Crippen LogP contribution in [0.25, 0.3) is 10.2 Å². The van der Waals surface area contributed by atoms with Crippen LogP contribution >= 0.6 is 22.7 Å². The molecule has 3 rings (SSSR count). The average molecular weight is 348 g/mol. The number of nitrogens with one attached hydrogen (secondary N) is 1. The minimum atomic E-state index is -0.364. The molecule has 0 fully saturated rings. The maximum absolute atomic E-state index is 12.4. The number of fused-ring (bicyclic) bond motifs is 1. The highest BCUT2D eigenvalue weighted by Gasteiger charge is 2.20. The molecular weight excluding hydrogens is 336 g/mol. The Bertz CT molecular complexity index is 999. The van der Waals surface area contributed by atoms with Gasteiger partial charge in [0.25, 0.3) is 11.5 Å². The van der Waals surface area contributed by atoms with Gasteiger partial charge in [-0.25, -0.2) is 9.97 Å². The summed E-state index contributed by atoms with van der Waals surface area (Å²) in [5.74, 6) is -0.524. The van der Waals surface area contributed by atoms with Crippen molar-refractivity contribution in [2.45, 2.75) is 13.8 Å². The molecule has 3 aromatic heterocycles. The minimum absolute atomic E-state index is 0.160. The lowest BCUT2D eigenvalue weighted by atomic mass is 10.2. The number of carbonyl (C=O) groups excluding carboxylic acids is 2. The van der Waals surface area contributed by atoms with Gasteiger partial charge in [-0.2, -0.15) is 0 Å². The van der Waals surface area contributed by atoms with E-state index in [1.165, 1.54) is 29.2 Å². The highest BCUT2D eigenvalue weighted by molar-refractivity contribution is 7.21. The van der Waals surface area contributed by atoms with Crippen molar-refractivity contribution in [2.24, 2.45) is 7.05 Å². The summed E-state index contributed by atoms with van der Waals surface area (Å²) in [6.45, 7) is 3.14. The molecule has 0 aliphatic rings. The van der Waals surface area contributed by atoms with Gasteiger partial charge >= 0.3 is 0 Å². The molecule has 0 saturated heterocycles. The van der Waals surface area contributed by atoms with E-state index in [2.05, 4.69) is 15.3 Å². The van der Waals surface area contributed by atoms with Gasteiger partial charge < -0.3 is 4.57 Å². The van der Waals surface area contributed by atoms with Gasteiger partial charge in [0.1, 0.15) is 10.5 Å². The van der Waals surface area contributed by atoms with Gasteiger partial charge in [0.15, 0.2) is 10.9 Å². The first-order valence-corrected chi connectivity index (χ1v) is 8.30. The van der Waals surface area contributed by atoms with Crippen LogP contribution in [0.4, 0.5) is 5.13 Å². The van der Waals surface area contributed by atoms with Crippen molar-refractivity contribution in [3.05, 3.63) is 38.2 Å². The largest absolute Gasteiger partial charge is 0.302 e. The summed E-state index contributed by atoms with van der Waals surface area (Å²) in [5, 5.41) is 5.05. The lowest BCUT2D eigenvalue weighted by molar-refractivity contribution is 0.100. The van der Waals surface area contributed by atoms with Crippen molar-refractivity contribution in [3.63, 3.8) is 0 Å². The summed E-state index contributed by atoms with van der Waals surface area (Å²) in [4.78, 5) is 45.0. The SMILES string of the molecule is CC(=O)c1csc(NC(=O)c2sc3ncn(C)c(=O)c3c2C)n1. The Balaban J connectivity index is 1.97. The number of ketones is 1. The Labute approximate surface area is 138 Å². The van der Waals surface area contributed by atoms with Gasteiger partial charge in [-0.3, -0.25) is 19.7 Å². The third-order valence-corrected chi connectivity index (χ3v) is 5.26. The van der Waals surface area contributed by atoms with Gasteiger partial charge in [0.05, 0.1) is 16.6 Å². The average Bonchev–Trinajstić information content (AvgIpc) is 3.08. The van der Waals surface area contributed by atoms with Crippen LogP contribution in [0.3, 0.4) is 0 Å². The Hall–Kier alpha value is -2.39. The van der Waals surface area contributed by atoms with Crippen molar-refractivity contribution in [1.82, 2.24) is 14.5 Å². The number of nitrogens with zero attached hydrogens (tertiary/aromatic N) is 3. The fourth-order valence-electron chi connectivity index (χ4n) is 2.07. The summed E-state index contributed by atoms with van der Waals surface area (Å²) in [6.07, 6.45) is 1.43. The van der Waals surface area contributed by atoms with E-state index in [1.54, 1.807) is 19.4 Å². The zero-order valence-corrected chi connectivity index (χ0v) is 14.2. The third-order valence-electron chi connectivity index (χ3n) is 3.30. The maximum Gasteiger partial charge on any atom is 0.267 e. The molecule has 3 aromatic rings. The Morgan fingerprint density at radius 2 is 2.09 bits per heavy atom. The van der Waals surface area contributed by atoms with Gasteiger partial charge in [-0.05, 0) is 12.5 Å². The number of anilines is 1. The Kier molecular flexibility index (Phi) is 3.82. The Morgan fingerprint density at radius 1 is 1.35 bits per heavy atom. The van der Waals surface area contributed by atoms with E-state index in [0.717, 1.165) is 11.3 Å². The van der Waals surface area contributed by atoms with Crippen LogP contribution in [0.2, 0.25) is 0 Å². The molecule has 118 valence electrons. The molecule has 0 spiro atoms. The molecule has 0 bridgehead atoms. The maximum atomic E-state index is 12.4. The molecule has 0 unspecified atom stereocenters. The number of carbonyl (C=O) groups is 2. The normalized spacial score (nSPS) is 10.9. The fraction of sp³-hybridized carbons (Fsp3) is 0.214. The van der Waals surface area contributed by atoms with E-state index in [-0.39, 0.29) is 17.2 Å². The topological polar surface area (TPSA) is 94.0 Å². The van der Waals surface area contributed by atoms with Crippen LogP contribution in [0.1, 0.15) is 32.6 Å². The third kappa shape index (κ3) is 2.68. The molecule has 0 saturated carbocycles. The van der Waals surface area contributed by atoms with E-state index in [9.17, 15) is 14.4 Å². The van der Waals surface area contributed by atoms with Crippen molar-refractivity contribution < 1.29 is 9.59 Å². The first kappa shape index (κ1) is 15.5. The number of thiophene rings is 1. The molecule has 0 aliphatic carbocycles. The standard InChI is InChI=1S/C14H12N4O3S2/c1-6-9-12(15-5-18(3)13(9)21)23-10(6)11(20)17-14-16-8(4-22-14)7(2)19/h4-5H,1-3H3,(H,16,17,20). The monoisotopic (exact) mass is 348 g/mol. The smallest absolute Gasteiger partial charge is 0.267 e.